The quantitative estimate of drug-likeness (QED) is 0.347. The van der Waals surface area contributed by atoms with Gasteiger partial charge in [0.15, 0.2) is 0 Å². The standard InChI is InChI=1S/C24H21Cl2N5O3/c1-4-22(32)30-16-8-6-5-7-14(16)9-21-27-12-18-17(29-21)11-28-31(18)13-15-23(25)19(33-2)10-20(34-3)24(15)26/h4-8,10-12H,1,9,13H2,2-3H3,(H,30,32). The number of hydrogen-bond acceptors (Lipinski definition) is 6. The average molecular weight is 498 g/mol. The zero-order chi connectivity index (χ0) is 24.2. The van der Waals surface area contributed by atoms with Crippen molar-refractivity contribution in [3.8, 4) is 11.5 Å². The highest BCUT2D eigenvalue weighted by molar-refractivity contribution is 6.37. The Bertz CT molecular complexity index is 1360. The largest absolute Gasteiger partial charge is 0.495 e. The van der Waals surface area contributed by atoms with Crippen molar-refractivity contribution in [2.75, 3.05) is 19.5 Å². The Morgan fingerprint density at radius 2 is 1.85 bits per heavy atom. The molecule has 2 heterocycles. The third-order valence-corrected chi connectivity index (χ3v) is 6.06. The number of halogens is 2. The van der Waals surface area contributed by atoms with E-state index in [4.69, 9.17) is 32.7 Å². The van der Waals surface area contributed by atoms with Gasteiger partial charge in [-0.3, -0.25) is 9.48 Å². The number of carbonyl (C=O) groups excluding carboxylic acids is 1. The SMILES string of the molecule is C=CC(=O)Nc1ccccc1Cc1ncc2c(cnn2Cc2c(Cl)c(OC)cc(OC)c2Cl)n1. The third-order valence-electron chi connectivity index (χ3n) is 5.23. The number of amides is 1. The van der Waals surface area contributed by atoms with Crippen LogP contribution in [0.15, 0.2) is 55.4 Å². The molecule has 0 bridgehead atoms. The van der Waals surface area contributed by atoms with Gasteiger partial charge in [-0.25, -0.2) is 9.97 Å². The molecule has 0 aliphatic carbocycles. The van der Waals surface area contributed by atoms with Gasteiger partial charge in [0.2, 0.25) is 5.91 Å². The van der Waals surface area contributed by atoms with E-state index in [1.807, 2.05) is 24.3 Å². The number of rotatable bonds is 8. The summed E-state index contributed by atoms with van der Waals surface area (Å²) >= 11 is 13.0. The lowest BCUT2D eigenvalue weighted by Gasteiger charge is -2.15. The maximum Gasteiger partial charge on any atom is 0.247 e. The molecule has 0 atom stereocenters. The molecule has 0 aliphatic heterocycles. The zero-order valence-corrected chi connectivity index (χ0v) is 20.0. The second kappa shape index (κ2) is 10.1. The number of anilines is 1. The first kappa shape index (κ1) is 23.5. The van der Waals surface area contributed by atoms with E-state index in [1.54, 1.807) is 23.1 Å². The van der Waals surface area contributed by atoms with E-state index >= 15 is 0 Å². The number of nitrogens with one attached hydrogen (secondary N) is 1. The third kappa shape index (κ3) is 4.69. The number of carbonyl (C=O) groups is 1. The van der Waals surface area contributed by atoms with Gasteiger partial charge in [-0.1, -0.05) is 48.0 Å². The molecule has 174 valence electrons. The van der Waals surface area contributed by atoms with Crippen molar-refractivity contribution >= 4 is 45.8 Å². The molecule has 1 N–H and O–H groups in total. The molecule has 0 spiro atoms. The predicted molar refractivity (Wildman–Crippen MR) is 132 cm³/mol. The first-order chi connectivity index (χ1) is 16.4. The lowest BCUT2D eigenvalue weighted by Crippen LogP contribution is -2.10. The van der Waals surface area contributed by atoms with Crippen LogP contribution in [0.2, 0.25) is 10.0 Å². The number of hydrogen-bond donors (Lipinski definition) is 1. The summed E-state index contributed by atoms with van der Waals surface area (Å²) in [6.07, 6.45) is 5.02. The Morgan fingerprint density at radius 3 is 2.53 bits per heavy atom. The molecule has 4 aromatic rings. The van der Waals surface area contributed by atoms with Crippen LogP contribution in [0, 0.1) is 0 Å². The summed E-state index contributed by atoms with van der Waals surface area (Å²) in [5.41, 5.74) is 3.56. The second-order valence-corrected chi connectivity index (χ2v) is 8.03. The summed E-state index contributed by atoms with van der Waals surface area (Å²) in [4.78, 5) is 20.9. The minimum Gasteiger partial charge on any atom is -0.495 e. The van der Waals surface area contributed by atoms with Gasteiger partial charge >= 0.3 is 0 Å². The van der Waals surface area contributed by atoms with Gasteiger partial charge in [0.25, 0.3) is 0 Å². The smallest absolute Gasteiger partial charge is 0.247 e. The highest BCUT2D eigenvalue weighted by Crippen LogP contribution is 2.40. The Morgan fingerprint density at radius 1 is 1.15 bits per heavy atom. The number of benzene rings is 2. The summed E-state index contributed by atoms with van der Waals surface area (Å²) in [7, 11) is 3.05. The highest BCUT2D eigenvalue weighted by atomic mass is 35.5. The molecule has 2 aromatic heterocycles. The van der Waals surface area contributed by atoms with Crippen LogP contribution in [0.5, 0.6) is 11.5 Å². The van der Waals surface area contributed by atoms with Crippen LogP contribution < -0.4 is 14.8 Å². The first-order valence-electron chi connectivity index (χ1n) is 10.2. The van der Waals surface area contributed by atoms with Crippen molar-refractivity contribution < 1.29 is 14.3 Å². The topological polar surface area (TPSA) is 91.2 Å². The molecule has 10 heteroatoms. The zero-order valence-electron chi connectivity index (χ0n) is 18.5. The van der Waals surface area contributed by atoms with Crippen LogP contribution in [0.3, 0.4) is 0 Å². The molecule has 0 saturated carbocycles. The van der Waals surface area contributed by atoms with Gasteiger partial charge in [-0.05, 0) is 17.7 Å². The summed E-state index contributed by atoms with van der Waals surface area (Å²) < 4.78 is 12.4. The fraction of sp³-hybridized carbons (Fsp3) is 0.167. The first-order valence-corrected chi connectivity index (χ1v) is 11.0. The number of methoxy groups -OCH3 is 2. The van der Waals surface area contributed by atoms with E-state index in [-0.39, 0.29) is 12.5 Å². The van der Waals surface area contributed by atoms with E-state index < -0.39 is 0 Å². The molecular formula is C24H21Cl2N5O3. The van der Waals surface area contributed by atoms with Crippen LogP contribution >= 0.6 is 23.2 Å². The maximum absolute atomic E-state index is 11.7. The van der Waals surface area contributed by atoms with Crippen LogP contribution in [0.4, 0.5) is 5.69 Å². The molecule has 0 radical (unpaired) electrons. The molecule has 34 heavy (non-hydrogen) atoms. The minimum absolute atomic E-state index is 0.272. The predicted octanol–water partition coefficient (Wildman–Crippen LogP) is 4.91. The summed E-state index contributed by atoms with van der Waals surface area (Å²) in [5, 5.41) is 8.02. The van der Waals surface area contributed by atoms with Crippen LogP contribution in [-0.2, 0) is 17.8 Å². The van der Waals surface area contributed by atoms with Gasteiger partial charge in [0, 0.05) is 23.7 Å². The van der Waals surface area contributed by atoms with Crippen molar-refractivity contribution in [3.05, 3.63) is 82.4 Å². The highest BCUT2D eigenvalue weighted by Gasteiger charge is 2.19. The van der Waals surface area contributed by atoms with Gasteiger partial charge in [0.1, 0.15) is 28.4 Å². The van der Waals surface area contributed by atoms with Crippen molar-refractivity contribution in [1.82, 2.24) is 19.7 Å². The summed E-state index contributed by atoms with van der Waals surface area (Å²) in [5.74, 6) is 1.22. The number of fused-ring (bicyclic) bond motifs is 1. The fourth-order valence-electron chi connectivity index (χ4n) is 3.49. The van der Waals surface area contributed by atoms with E-state index in [9.17, 15) is 4.79 Å². The van der Waals surface area contributed by atoms with E-state index in [1.165, 1.54) is 20.3 Å². The van der Waals surface area contributed by atoms with Crippen LogP contribution in [-0.4, -0.2) is 39.9 Å². The molecule has 4 rings (SSSR count). The Hall–Kier alpha value is -3.62. The Balaban J connectivity index is 1.64. The molecule has 0 saturated heterocycles. The lowest BCUT2D eigenvalue weighted by atomic mass is 10.1. The number of nitrogens with zero attached hydrogens (tertiary/aromatic N) is 4. The fourth-order valence-corrected chi connectivity index (χ4v) is 4.11. The van der Waals surface area contributed by atoms with E-state index in [2.05, 4.69) is 27.0 Å². The Kier molecular flexibility index (Phi) is 7.00. The molecule has 8 nitrogen and oxygen atoms in total. The Labute approximate surface area is 206 Å². The summed E-state index contributed by atoms with van der Waals surface area (Å²) in [6.45, 7) is 3.76. The average Bonchev–Trinajstić information content (AvgIpc) is 3.25. The molecule has 0 aliphatic rings. The van der Waals surface area contributed by atoms with Crippen molar-refractivity contribution in [2.45, 2.75) is 13.0 Å². The molecule has 2 aromatic carbocycles. The van der Waals surface area contributed by atoms with E-state index in [0.29, 0.717) is 56.1 Å². The van der Waals surface area contributed by atoms with Crippen molar-refractivity contribution in [2.24, 2.45) is 0 Å². The number of para-hydroxylation sites is 1. The molecular weight excluding hydrogens is 477 g/mol. The van der Waals surface area contributed by atoms with Gasteiger partial charge in [0.05, 0.1) is 43.2 Å². The number of ether oxygens (including phenoxy) is 2. The molecule has 0 fully saturated rings. The minimum atomic E-state index is -0.281. The molecule has 1 amide bonds. The number of aromatic nitrogens is 4. The van der Waals surface area contributed by atoms with Crippen molar-refractivity contribution in [1.29, 1.82) is 0 Å². The normalized spacial score (nSPS) is 10.8. The van der Waals surface area contributed by atoms with E-state index in [0.717, 1.165) is 5.56 Å². The monoisotopic (exact) mass is 497 g/mol. The van der Waals surface area contributed by atoms with Crippen LogP contribution in [0.25, 0.3) is 11.0 Å². The van der Waals surface area contributed by atoms with Crippen LogP contribution in [0.1, 0.15) is 17.0 Å². The maximum atomic E-state index is 11.7. The summed E-state index contributed by atoms with van der Waals surface area (Å²) in [6, 6.07) is 9.12. The molecule has 0 unspecified atom stereocenters. The van der Waals surface area contributed by atoms with Gasteiger partial charge < -0.3 is 14.8 Å². The lowest BCUT2D eigenvalue weighted by molar-refractivity contribution is -0.111. The van der Waals surface area contributed by atoms with Gasteiger partial charge in [-0.15, -0.1) is 0 Å². The second-order valence-electron chi connectivity index (χ2n) is 7.27. The van der Waals surface area contributed by atoms with Crippen molar-refractivity contribution in [3.63, 3.8) is 0 Å². The van der Waals surface area contributed by atoms with Gasteiger partial charge in [-0.2, -0.15) is 5.10 Å².